The second-order valence-electron chi connectivity index (χ2n) is 3.41. The number of nitrogens with two attached hydrogens (primary N) is 1. The van der Waals surface area contributed by atoms with Crippen LogP contribution in [0.2, 0.25) is 0 Å². The number of hydrogen-bond acceptors (Lipinski definition) is 3. The Balaban J connectivity index is 2.16. The molecule has 2 rings (SSSR count). The van der Waals surface area contributed by atoms with Gasteiger partial charge in [-0.1, -0.05) is 0 Å². The summed E-state index contributed by atoms with van der Waals surface area (Å²) >= 11 is 5.20. The third-order valence-corrected chi connectivity index (χ3v) is 3.09. The Hall–Kier alpha value is -0.680. The Morgan fingerprint density at radius 3 is 3.00 bits per heavy atom. The van der Waals surface area contributed by atoms with Crippen LogP contribution in [0, 0.1) is 0 Å². The molecule has 4 nitrogen and oxygen atoms in total. The fourth-order valence-corrected chi connectivity index (χ4v) is 2.42. The lowest BCUT2D eigenvalue weighted by atomic mass is 10.2. The molecule has 2 heterocycles. The zero-order valence-corrected chi connectivity index (χ0v) is 8.22. The van der Waals surface area contributed by atoms with Gasteiger partial charge in [0.15, 0.2) is 5.11 Å². The lowest BCUT2D eigenvalue weighted by molar-refractivity contribution is -0.127. The Kier molecular flexibility index (Phi) is 2.21. The molecule has 0 aromatic heterocycles. The summed E-state index contributed by atoms with van der Waals surface area (Å²) < 4.78 is 0. The smallest absolute Gasteiger partial charge is 0.251 e. The van der Waals surface area contributed by atoms with Crippen LogP contribution >= 0.6 is 12.2 Å². The first-order valence-corrected chi connectivity index (χ1v) is 4.98. The topological polar surface area (TPSA) is 49.6 Å². The normalized spacial score (nSPS) is 27.3. The van der Waals surface area contributed by atoms with Gasteiger partial charge in [-0.25, -0.2) is 0 Å². The first-order valence-electron chi connectivity index (χ1n) is 4.57. The maximum atomic E-state index is 11.7. The predicted octanol–water partition coefficient (Wildman–Crippen LogP) is -0.463. The molecule has 0 aliphatic carbocycles. The molecule has 2 N–H and O–H groups in total. The molecule has 1 amide bonds. The molecule has 13 heavy (non-hydrogen) atoms. The van der Waals surface area contributed by atoms with E-state index in [1.165, 1.54) is 0 Å². The van der Waals surface area contributed by atoms with Gasteiger partial charge in [-0.15, -0.1) is 0 Å². The van der Waals surface area contributed by atoms with Gasteiger partial charge in [0.2, 0.25) is 0 Å². The number of thiocarbonyl (C=S) groups is 1. The van der Waals surface area contributed by atoms with E-state index in [1.807, 2.05) is 4.90 Å². The standard InChI is InChI=1S/C8H13N3OS/c9-3-5-11-7(12)6-2-1-4-10(6)8(11)13/h6H,1-5,9H2. The van der Waals surface area contributed by atoms with Crippen molar-refractivity contribution < 1.29 is 4.79 Å². The van der Waals surface area contributed by atoms with Gasteiger partial charge in [-0.3, -0.25) is 9.69 Å². The summed E-state index contributed by atoms with van der Waals surface area (Å²) in [7, 11) is 0. The van der Waals surface area contributed by atoms with Crippen LogP contribution in [0.25, 0.3) is 0 Å². The largest absolute Gasteiger partial charge is 0.337 e. The molecule has 72 valence electrons. The highest BCUT2D eigenvalue weighted by atomic mass is 32.1. The number of nitrogens with zero attached hydrogens (tertiary/aromatic N) is 2. The van der Waals surface area contributed by atoms with Crippen LogP contribution < -0.4 is 5.73 Å². The van der Waals surface area contributed by atoms with Crippen molar-refractivity contribution in [2.75, 3.05) is 19.6 Å². The minimum atomic E-state index is 0.0269. The van der Waals surface area contributed by atoms with Crippen LogP contribution in [0.15, 0.2) is 0 Å². The Morgan fingerprint density at radius 1 is 1.62 bits per heavy atom. The highest BCUT2D eigenvalue weighted by Gasteiger charge is 2.44. The van der Waals surface area contributed by atoms with Crippen molar-refractivity contribution in [1.82, 2.24) is 9.80 Å². The summed E-state index contributed by atoms with van der Waals surface area (Å²) in [5.74, 6) is 0.146. The second kappa shape index (κ2) is 3.23. The molecule has 2 fully saturated rings. The number of amides is 1. The zero-order valence-electron chi connectivity index (χ0n) is 7.40. The van der Waals surface area contributed by atoms with Crippen molar-refractivity contribution in [2.24, 2.45) is 5.73 Å². The molecule has 0 radical (unpaired) electrons. The Morgan fingerprint density at radius 2 is 2.38 bits per heavy atom. The van der Waals surface area contributed by atoms with E-state index in [-0.39, 0.29) is 11.9 Å². The number of hydrogen-bond donors (Lipinski definition) is 1. The molecule has 5 heteroatoms. The third kappa shape index (κ3) is 1.23. The van der Waals surface area contributed by atoms with E-state index in [4.69, 9.17) is 18.0 Å². The molecular weight excluding hydrogens is 186 g/mol. The van der Waals surface area contributed by atoms with Crippen LogP contribution in [-0.2, 0) is 4.79 Å². The maximum absolute atomic E-state index is 11.7. The van der Waals surface area contributed by atoms with Crippen LogP contribution in [0.4, 0.5) is 0 Å². The van der Waals surface area contributed by atoms with Gasteiger partial charge in [-0.05, 0) is 25.1 Å². The van der Waals surface area contributed by atoms with Crippen molar-refractivity contribution in [1.29, 1.82) is 0 Å². The van der Waals surface area contributed by atoms with Crippen molar-refractivity contribution in [3.63, 3.8) is 0 Å². The molecule has 2 aliphatic rings. The molecule has 2 saturated heterocycles. The fraction of sp³-hybridized carbons (Fsp3) is 0.750. The van der Waals surface area contributed by atoms with Crippen LogP contribution in [0.3, 0.4) is 0 Å². The Bertz CT molecular complexity index is 234. The highest BCUT2D eigenvalue weighted by Crippen LogP contribution is 2.26. The summed E-state index contributed by atoms with van der Waals surface area (Å²) in [4.78, 5) is 15.4. The number of rotatable bonds is 2. The second-order valence-corrected chi connectivity index (χ2v) is 3.78. The van der Waals surface area contributed by atoms with E-state index >= 15 is 0 Å². The molecule has 1 unspecified atom stereocenters. The van der Waals surface area contributed by atoms with Crippen LogP contribution in [-0.4, -0.2) is 46.5 Å². The molecule has 0 aromatic carbocycles. The molecular formula is C8H13N3OS. The number of fused-ring (bicyclic) bond motifs is 1. The lowest BCUT2D eigenvalue weighted by Crippen LogP contribution is -2.36. The monoisotopic (exact) mass is 199 g/mol. The zero-order chi connectivity index (χ0) is 9.42. The maximum Gasteiger partial charge on any atom is 0.251 e. The third-order valence-electron chi connectivity index (χ3n) is 2.63. The molecule has 0 saturated carbocycles. The summed E-state index contributed by atoms with van der Waals surface area (Å²) in [6.07, 6.45) is 2.02. The first kappa shape index (κ1) is 8.90. The quantitative estimate of drug-likeness (QED) is 0.611. The van der Waals surface area contributed by atoms with Crippen molar-refractivity contribution >= 4 is 23.2 Å². The van der Waals surface area contributed by atoms with Gasteiger partial charge < -0.3 is 10.6 Å². The average molecular weight is 199 g/mol. The number of carbonyl (C=O) groups excluding carboxylic acids is 1. The summed E-state index contributed by atoms with van der Waals surface area (Å²) in [5, 5.41) is 0.679. The van der Waals surface area contributed by atoms with E-state index in [9.17, 15) is 4.79 Å². The molecule has 0 spiro atoms. The van der Waals surface area contributed by atoms with Crippen LogP contribution in [0.5, 0.6) is 0 Å². The van der Waals surface area contributed by atoms with E-state index in [0.717, 1.165) is 19.4 Å². The van der Waals surface area contributed by atoms with Crippen LogP contribution in [0.1, 0.15) is 12.8 Å². The van der Waals surface area contributed by atoms with E-state index < -0.39 is 0 Å². The molecule has 0 bridgehead atoms. The van der Waals surface area contributed by atoms with Crippen molar-refractivity contribution in [3.05, 3.63) is 0 Å². The van der Waals surface area contributed by atoms with Gasteiger partial charge in [0.05, 0.1) is 0 Å². The molecule has 0 aromatic rings. The minimum Gasteiger partial charge on any atom is -0.337 e. The first-order chi connectivity index (χ1) is 6.25. The van der Waals surface area contributed by atoms with Gasteiger partial charge in [0.1, 0.15) is 6.04 Å². The lowest BCUT2D eigenvalue weighted by Gasteiger charge is -2.17. The molecule has 2 aliphatic heterocycles. The van der Waals surface area contributed by atoms with E-state index in [0.29, 0.717) is 18.2 Å². The van der Waals surface area contributed by atoms with Gasteiger partial charge in [0.25, 0.3) is 5.91 Å². The molecule has 1 atom stereocenters. The van der Waals surface area contributed by atoms with E-state index in [2.05, 4.69) is 0 Å². The fourth-order valence-electron chi connectivity index (χ4n) is 2.02. The minimum absolute atomic E-state index is 0.0269. The van der Waals surface area contributed by atoms with Crippen molar-refractivity contribution in [2.45, 2.75) is 18.9 Å². The highest BCUT2D eigenvalue weighted by molar-refractivity contribution is 7.80. The van der Waals surface area contributed by atoms with Gasteiger partial charge in [0, 0.05) is 19.6 Å². The Labute approximate surface area is 82.7 Å². The van der Waals surface area contributed by atoms with Crippen molar-refractivity contribution in [3.8, 4) is 0 Å². The van der Waals surface area contributed by atoms with Gasteiger partial charge in [-0.2, -0.15) is 0 Å². The summed E-state index contributed by atoms with van der Waals surface area (Å²) in [6, 6.07) is 0.0269. The average Bonchev–Trinajstić information content (AvgIpc) is 2.66. The predicted molar refractivity (Wildman–Crippen MR) is 53.1 cm³/mol. The summed E-state index contributed by atoms with van der Waals surface area (Å²) in [5.41, 5.74) is 5.41. The SMILES string of the molecule is NCCN1C(=O)C2CCCN2C1=S. The van der Waals surface area contributed by atoms with Gasteiger partial charge >= 0.3 is 0 Å². The number of carbonyl (C=O) groups is 1. The summed E-state index contributed by atoms with van der Waals surface area (Å²) in [6.45, 7) is 1.97. The van der Waals surface area contributed by atoms with E-state index in [1.54, 1.807) is 4.90 Å².